The molecular weight excluding hydrogens is 392 g/mol. The third kappa shape index (κ3) is 3.83. The molecule has 5 aromatic rings. The second kappa shape index (κ2) is 8.26. The van der Waals surface area contributed by atoms with Crippen molar-refractivity contribution in [3.05, 3.63) is 102 Å². The van der Waals surface area contributed by atoms with Gasteiger partial charge in [-0.05, 0) is 17.0 Å². The summed E-state index contributed by atoms with van der Waals surface area (Å²) in [7, 11) is 0. The average molecular weight is 411 g/mol. The van der Waals surface area contributed by atoms with Crippen LogP contribution in [0.4, 0.5) is 0 Å². The fourth-order valence-corrected chi connectivity index (χ4v) is 3.93. The van der Waals surface area contributed by atoms with Crippen LogP contribution in [-0.4, -0.2) is 30.9 Å². The molecule has 30 heavy (non-hydrogen) atoms. The van der Waals surface area contributed by atoms with E-state index in [0.29, 0.717) is 12.4 Å². The molecule has 0 unspecified atom stereocenters. The zero-order chi connectivity index (χ0) is 20.2. The summed E-state index contributed by atoms with van der Waals surface area (Å²) >= 11 is 1.66. The van der Waals surface area contributed by atoms with Crippen molar-refractivity contribution in [2.75, 3.05) is 0 Å². The lowest BCUT2D eigenvalue weighted by Gasteiger charge is -2.00. The number of thiophene rings is 1. The Kier molecular flexibility index (Phi) is 5.01. The third-order valence-electron chi connectivity index (χ3n) is 4.62. The van der Waals surface area contributed by atoms with E-state index in [2.05, 4.69) is 38.9 Å². The van der Waals surface area contributed by atoms with E-state index < -0.39 is 0 Å². The zero-order valence-corrected chi connectivity index (χ0v) is 16.9. The minimum Gasteiger partial charge on any atom is -0.267 e. The van der Waals surface area contributed by atoms with Crippen LogP contribution >= 0.6 is 11.3 Å². The maximum atomic E-state index is 4.82. The van der Waals surface area contributed by atoms with Crippen LogP contribution in [0.5, 0.6) is 0 Å². The summed E-state index contributed by atoms with van der Waals surface area (Å²) < 4.78 is 3.64. The molecule has 0 N–H and O–H groups in total. The highest BCUT2D eigenvalue weighted by Gasteiger charge is 2.12. The smallest absolute Gasteiger partial charge is 0.184 e. The highest BCUT2D eigenvalue weighted by Crippen LogP contribution is 2.26. The van der Waals surface area contributed by atoms with Crippen molar-refractivity contribution in [1.82, 2.24) is 24.7 Å². The van der Waals surface area contributed by atoms with Gasteiger partial charge < -0.3 is 0 Å². The van der Waals surface area contributed by atoms with Gasteiger partial charge in [0.1, 0.15) is 12.0 Å². The molecule has 7 heteroatoms. The van der Waals surface area contributed by atoms with Gasteiger partial charge >= 0.3 is 0 Å². The molecule has 0 radical (unpaired) electrons. The summed E-state index contributed by atoms with van der Waals surface area (Å²) in [5, 5.41) is 19.7. The van der Waals surface area contributed by atoms with Crippen LogP contribution in [0.3, 0.4) is 0 Å². The number of aromatic nitrogens is 5. The van der Waals surface area contributed by atoms with Gasteiger partial charge in [-0.2, -0.15) is 14.9 Å². The summed E-state index contributed by atoms with van der Waals surface area (Å²) in [6.45, 7) is 0.703. The number of hydrogen-bond acceptors (Lipinski definition) is 5. The molecule has 0 saturated carbocycles. The third-order valence-corrected chi connectivity index (χ3v) is 5.49. The van der Waals surface area contributed by atoms with E-state index in [0.717, 1.165) is 21.7 Å². The Hall–Kier alpha value is -3.84. The van der Waals surface area contributed by atoms with E-state index in [1.54, 1.807) is 22.3 Å². The number of hydrogen-bond donors (Lipinski definition) is 0. The Morgan fingerprint density at radius 1 is 0.933 bits per heavy atom. The molecular formula is C23H18N6S. The summed E-state index contributed by atoms with van der Waals surface area (Å²) in [6, 6.07) is 24.3. The van der Waals surface area contributed by atoms with Crippen LogP contribution < -0.4 is 0 Å². The SMILES string of the molecule is C(=N/n1cnnc1-c1ccccc1)/c1cn(Cc2ccccc2)nc1-c1cccs1. The van der Waals surface area contributed by atoms with Crippen molar-refractivity contribution >= 4 is 17.6 Å². The molecule has 5 rings (SSSR count). The van der Waals surface area contributed by atoms with Gasteiger partial charge in [-0.15, -0.1) is 21.5 Å². The molecule has 3 heterocycles. The molecule has 0 aliphatic rings. The first-order chi connectivity index (χ1) is 14.9. The topological polar surface area (TPSA) is 60.9 Å². The fraction of sp³-hybridized carbons (Fsp3) is 0.0435. The molecule has 0 atom stereocenters. The summed E-state index contributed by atoms with van der Waals surface area (Å²) in [5.74, 6) is 0.696. The van der Waals surface area contributed by atoms with Gasteiger partial charge in [0.2, 0.25) is 0 Å². The monoisotopic (exact) mass is 410 g/mol. The predicted octanol–water partition coefficient (Wildman–Crippen LogP) is 4.80. The van der Waals surface area contributed by atoms with Gasteiger partial charge in [-0.3, -0.25) is 4.68 Å². The van der Waals surface area contributed by atoms with E-state index in [9.17, 15) is 0 Å². The number of benzene rings is 2. The average Bonchev–Trinajstić information content (AvgIpc) is 3.54. The van der Waals surface area contributed by atoms with Crippen LogP contribution in [0.2, 0.25) is 0 Å². The summed E-state index contributed by atoms with van der Waals surface area (Å²) in [6.07, 6.45) is 5.45. The van der Waals surface area contributed by atoms with Gasteiger partial charge in [-0.1, -0.05) is 66.7 Å². The van der Waals surface area contributed by atoms with E-state index >= 15 is 0 Å². The first-order valence-electron chi connectivity index (χ1n) is 9.52. The lowest BCUT2D eigenvalue weighted by Crippen LogP contribution is -1.99. The lowest BCUT2D eigenvalue weighted by atomic mass is 10.2. The Labute approximate surface area is 177 Å². The van der Waals surface area contributed by atoms with Crippen molar-refractivity contribution in [2.24, 2.45) is 5.10 Å². The molecule has 6 nitrogen and oxygen atoms in total. The molecule has 0 aliphatic carbocycles. The maximum absolute atomic E-state index is 4.82. The largest absolute Gasteiger partial charge is 0.267 e. The second-order valence-corrected chi connectivity index (χ2v) is 7.65. The van der Waals surface area contributed by atoms with E-state index in [4.69, 9.17) is 5.10 Å². The van der Waals surface area contributed by atoms with Crippen LogP contribution in [0.15, 0.2) is 95.8 Å². The first-order valence-corrected chi connectivity index (χ1v) is 10.4. The van der Waals surface area contributed by atoms with Gasteiger partial charge in [-0.25, -0.2) is 0 Å². The summed E-state index contributed by atoms with van der Waals surface area (Å²) in [4.78, 5) is 1.11. The zero-order valence-electron chi connectivity index (χ0n) is 16.0. The molecule has 3 aromatic heterocycles. The standard InChI is InChI=1S/C23H18N6S/c1-3-8-18(9-4-1)15-28-16-20(22(27-28)21-12-7-13-30-21)14-25-29-17-24-26-23(29)19-10-5-2-6-11-19/h1-14,16-17H,15H2/b25-14-. The maximum Gasteiger partial charge on any atom is 0.184 e. The Morgan fingerprint density at radius 3 is 2.50 bits per heavy atom. The number of nitrogens with zero attached hydrogens (tertiary/aromatic N) is 6. The highest BCUT2D eigenvalue weighted by atomic mass is 32.1. The second-order valence-electron chi connectivity index (χ2n) is 6.70. The minimum absolute atomic E-state index is 0.696. The van der Waals surface area contributed by atoms with Gasteiger partial charge in [0.05, 0.1) is 17.6 Å². The molecule has 0 amide bonds. The quantitative estimate of drug-likeness (QED) is 0.378. The van der Waals surface area contributed by atoms with Gasteiger partial charge in [0.25, 0.3) is 0 Å². The van der Waals surface area contributed by atoms with Crippen LogP contribution in [0.1, 0.15) is 11.1 Å². The summed E-state index contributed by atoms with van der Waals surface area (Å²) in [5.41, 5.74) is 4.02. The van der Waals surface area contributed by atoms with Crippen molar-refractivity contribution in [3.63, 3.8) is 0 Å². The molecule has 0 aliphatic heterocycles. The normalized spacial score (nSPS) is 11.3. The van der Waals surface area contributed by atoms with Crippen LogP contribution in [0.25, 0.3) is 22.0 Å². The molecule has 0 fully saturated rings. The molecule has 0 spiro atoms. The molecule has 146 valence electrons. The Balaban J connectivity index is 1.49. The minimum atomic E-state index is 0.696. The van der Waals surface area contributed by atoms with Crippen molar-refractivity contribution < 1.29 is 0 Å². The van der Waals surface area contributed by atoms with E-state index in [1.807, 2.05) is 71.7 Å². The van der Waals surface area contributed by atoms with Crippen molar-refractivity contribution in [1.29, 1.82) is 0 Å². The van der Waals surface area contributed by atoms with Crippen molar-refractivity contribution in [2.45, 2.75) is 6.54 Å². The Bertz CT molecular complexity index is 1250. The first kappa shape index (κ1) is 18.2. The highest BCUT2D eigenvalue weighted by molar-refractivity contribution is 7.13. The molecule has 0 bridgehead atoms. The molecule has 0 saturated heterocycles. The van der Waals surface area contributed by atoms with Crippen LogP contribution in [-0.2, 0) is 6.54 Å². The van der Waals surface area contributed by atoms with Gasteiger partial charge in [0, 0.05) is 17.3 Å². The lowest BCUT2D eigenvalue weighted by molar-refractivity contribution is 0.689. The van der Waals surface area contributed by atoms with E-state index in [1.165, 1.54) is 5.56 Å². The number of rotatable bonds is 6. The van der Waals surface area contributed by atoms with E-state index in [-0.39, 0.29) is 0 Å². The fourth-order valence-electron chi connectivity index (χ4n) is 3.20. The Morgan fingerprint density at radius 2 is 1.73 bits per heavy atom. The molecule has 2 aromatic carbocycles. The van der Waals surface area contributed by atoms with Gasteiger partial charge in [0.15, 0.2) is 5.82 Å². The van der Waals surface area contributed by atoms with Crippen molar-refractivity contribution in [3.8, 4) is 22.0 Å². The predicted molar refractivity (Wildman–Crippen MR) is 120 cm³/mol. The van der Waals surface area contributed by atoms with Crippen LogP contribution in [0, 0.1) is 0 Å².